The van der Waals surface area contributed by atoms with Gasteiger partial charge in [-0.1, -0.05) is 25.7 Å². The number of hydrogen-bond donors (Lipinski definition) is 2. The lowest BCUT2D eigenvalue weighted by Gasteiger charge is -2.22. The Hall–Kier alpha value is -0.360. The number of carbonyl (C=O) groups excluding carboxylic acids is 1. The van der Waals surface area contributed by atoms with E-state index in [1.165, 1.54) is 44.2 Å². The van der Waals surface area contributed by atoms with Gasteiger partial charge in [0.2, 0.25) is 5.91 Å². The van der Waals surface area contributed by atoms with Crippen molar-refractivity contribution in [1.82, 2.24) is 15.6 Å². The molecule has 3 rings (SSSR count). The van der Waals surface area contributed by atoms with Crippen LogP contribution in [-0.2, 0) is 11.2 Å². The van der Waals surface area contributed by atoms with Crippen molar-refractivity contribution in [3.8, 4) is 0 Å². The second-order valence-corrected chi connectivity index (χ2v) is 7.49. The van der Waals surface area contributed by atoms with Gasteiger partial charge in [-0.15, -0.1) is 36.2 Å². The van der Waals surface area contributed by atoms with Crippen molar-refractivity contribution < 1.29 is 4.79 Å². The summed E-state index contributed by atoms with van der Waals surface area (Å²) in [5.41, 5.74) is 1.29. The van der Waals surface area contributed by atoms with Crippen molar-refractivity contribution in [1.29, 1.82) is 0 Å². The summed E-state index contributed by atoms with van der Waals surface area (Å²) in [4.78, 5) is 16.8. The summed E-state index contributed by atoms with van der Waals surface area (Å²) in [6.07, 6.45) is 10.8. The largest absolute Gasteiger partial charge is 0.354 e. The number of rotatable bonds is 5. The molecular weight excluding hydrogens is 365 g/mol. The smallest absolute Gasteiger partial charge is 0.237 e. The maximum absolute atomic E-state index is 12.1. The predicted molar refractivity (Wildman–Crippen MR) is 105 cm³/mol. The lowest BCUT2D eigenvalue weighted by molar-refractivity contribution is -0.123. The Morgan fingerprint density at radius 3 is 2.62 bits per heavy atom. The monoisotopic (exact) mass is 393 g/mol. The zero-order chi connectivity index (χ0) is 15.2. The Morgan fingerprint density at radius 2 is 1.92 bits per heavy atom. The van der Waals surface area contributed by atoms with Crippen LogP contribution in [0.5, 0.6) is 0 Å². The molecule has 1 aromatic heterocycles. The maximum Gasteiger partial charge on any atom is 0.237 e. The average molecular weight is 394 g/mol. The zero-order valence-corrected chi connectivity index (χ0v) is 16.5. The molecule has 0 radical (unpaired) electrons. The number of amides is 1. The lowest BCUT2D eigenvalue weighted by Crippen LogP contribution is -2.47. The number of nitrogens with one attached hydrogen (secondary N) is 2. The Labute approximate surface area is 161 Å². The highest BCUT2D eigenvalue weighted by Gasteiger charge is 2.20. The number of piperidine rings is 1. The first-order valence-electron chi connectivity index (χ1n) is 8.78. The van der Waals surface area contributed by atoms with E-state index >= 15 is 0 Å². The predicted octanol–water partition coefficient (Wildman–Crippen LogP) is 3.84. The second-order valence-electron chi connectivity index (χ2n) is 6.54. The van der Waals surface area contributed by atoms with Crippen LogP contribution in [0.2, 0.25) is 0 Å². The minimum absolute atomic E-state index is 0. The first-order chi connectivity index (χ1) is 10.8. The first kappa shape index (κ1) is 21.7. The van der Waals surface area contributed by atoms with Crippen LogP contribution < -0.4 is 10.6 Å². The summed E-state index contributed by atoms with van der Waals surface area (Å²) in [7, 11) is 0. The zero-order valence-electron chi connectivity index (χ0n) is 14.1. The number of halogens is 2. The molecule has 0 spiro atoms. The van der Waals surface area contributed by atoms with E-state index in [0.29, 0.717) is 12.5 Å². The summed E-state index contributed by atoms with van der Waals surface area (Å²) in [5.74, 6) is 0.837. The molecule has 4 nitrogen and oxygen atoms in total. The van der Waals surface area contributed by atoms with E-state index < -0.39 is 0 Å². The summed E-state index contributed by atoms with van der Waals surface area (Å²) >= 11 is 1.75. The Bertz CT molecular complexity index is 486. The fourth-order valence-electron chi connectivity index (χ4n) is 3.52. The number of hydrogen-bond acceptors (Lipinski definition) is 4. The van der Waals surface area contributed by atoms with Crippen LogP contribution in [-0.4, -0.2) is 30.0 Å². The quantitative estimate of drug-likeness (QED) is 0.798. The summed E-state index contributed by atoms with van der Waals surface area (Å²) in [6.45, 7) is 1.67. The summed E-state index contributed by atoms with van der Waals surface area (Å²) < 4.78 is 0. The molecule has 2 aliphatic rings. The van der Waals surface area contributed by atoms with Crippen LogP contribution in [0.1, 0.15) is 68.0 Å². The summed E-state index contributed by atoms with van der Waals surface area (Å²) in [6, 6.07) is 0.0165. The highest BCUT2D eigenvalue weighted by Crippen LogP contribution is 2.33. The third kappa shape index (κ3) is 6.17. The topological polar surface area (TPSA) is 54.0 Å². The van der Waals surface area contributed by atoms with Gasteiger partial charge in [0.1, 0.15) is 0 Å². The van der Waals surface area contributed by atoms with Gasteiger partial charge in [0.15, 0.2) is 0 Å². The molecule has 1 aromatic rings. The lowest BCUT2D eigenvalue weighted by atomic mass is 9.87. The van der Waals surface area contributed by atoms with E-state index in [2.05, 4.69) is 16.0 Å². The molecule has 24 heavy (non-hydrogen) atoms. The third-order valence-corrected chi connectivity index (χ3v) is 5.78. The summed E-state index contributed by atoms with van der Waals surface area (Å²) in [5, 5.41) is 9.74. The molecule has 7 heteroatoms. The number of nitrogens with zero attached hydrogens (tertiary/aromatic N) is 1. The van der Waals surface area contributed by atoms with Gasteiger partial charge >= 0.3 is 0 Å². The van der Waals surface area contributed by atoms with Crippen molar-refractivity contribution in [2.24, 2.45) is 0 Å². The van der Waals surface area contributed by atoms with Crippen molar-refractivity contribution in [3.63, 3.8) is 0 Å². The molecule has 1 aliphatic heterocycles. The molecule has 1 aliphatic carbocycles. The van der Waals surface area contributed by atoms with Crippen molar-refractivity contribution in [3.05, 3.63) is 16.1 Å². The Balaban J connectivity index is 0.00000144. The maximum atomic E-state index is 12.1. The molecule has 1 saturated carbocycles. The Kier molecular flexibility index (Phi) is 10.2. The van der Waals surface area contributed by atoms with Crippen molar-refractivity contribution in [2.45, 2.75) is 69.7 Å². The van der Waals surface area contributed by atoms with Gasteiger partial charge in [0.05, 0.1) is 16.7 Å². The molecular formula is C17H29Cl2N3OS. The van der Waals surface area contributed by atoms with Gasteiger partial charge < -0.3 is 10.6 Å². The highest BCUT2D eigenvalue weighted by molar-refractivity contribution is 7.09. The Morgan fingerprint density at radius 1 is 1.17 bits per heavy atom. The second kappa shape index (κ2) is 11.3. The van der Waals surface area contributed by atoms with Gasteiger partial charge in [-0.05, 0) is 32.2 Å². The van der Waals surface area contributed by atoms with Gasteiger partial charge in [-0.2, -0.15) is 0 Å². The normalized spacial score (nSPS) is 21.4. The minimum atomic E-state index is 0. The average Bonchev–Trinajstić information content (AvgIpc) is 3.05. The van der Waals surface area contributed by atoms with Gasteiger partial charge in [0.25, 0.3) is 0 Å². The standard InChI is InChI=1S/C17H27N3OS.2ClH/c21-17(14-8-4-5-10-18-14)19-11-9-16-20-15(12-22-16)13-6-2-1-3-7-13;;/h12-14,18H,1-11H2,(H,19,21);2*1H/t14-;;/m1../s1. The SMILES string of the molecule is Cl.Cl.O=C(NCCc1nc(C2CCCCC2)cs1)[C@H]1CCCCN1. The van der Waals surface area contributed by atoms with Gasteiger partial charge in [-0.25, -0.2) is 4.98 Å². The molecule has 1 saturated heterocycles. The molecule has 0 unspecified atom stereocenters. The van der Waals surface area contributed by atoms with E-state index in [-0.39, 0.29) is 36.8 Å². The molecule has 1 amide bonds. The molecule has 2 heterocycles. The van der Waals surface area contributed by atoms with E-state index in [4.69, 9.17) is 4.98 Å². The van der Waals surface area contributed by atoms with Crippen molar-refractivity contribution >= 4 is 42.1 Å². The molecule has 2 N–H and O–H groups in total. The van der Waals surface area contributed by atoms with Crippen LogP contribution in [0.15, 0.2) is 5.38 Å². The van der Waals surface area contributed by atoms with Crippen LogP contribution in [0, 0.1) is 0 Å². The molecule has 0 bridgehead atoms. The number of carbonyl (C=O) groups is 1. The highest BCUT2D eigenvalue weighted by atomic mass is 35.5. The van der Waals surface area contributed by atoms with E-state index in [0.717, 1.165) is 30.8 Å². The van der Waals surface area contributed by atoms with Gasteiger partial charge in [-0.3, -0.25) is 4.79 Å². The molecule has 2 fully saturated rings. The van der Waals surface area contributed by atoms with E-state index in [1.54, 1.807) is 11.3 Å². The molecule has 0 aromatic carbocycles. The van der Waals surface area contributed by atoms with E-state index in [9.17, 15) is 4.79 Å². The van der Waals surface area contributed by atoms with Crippen LogP contribution in [0.4, 0.5) is 0 Å². The van der Waals surface area contributed by atoms with Crippen LogP contribution in [0.3, 0.4) is 0 Å². The minimum Gasteiger partial charge on any atom is -0.354 e. The fourth-order valence-corrected chi connectivity index (χ4v) is 4.40. The third-order valence-electron chi connectivity index (χ3n) is 4.86. The fraction of sp³-hybridized carbons (Fsp3) is 0.765. The number of aromatic nitrogens is 1. The van der Waals surface area contributed by atoms with Crippen LogP contribution in [0.25, 0.3) is 0 Å². The number of thiazole rings is 1. The van der Waals surface area contributed by atoms with Crippen LogP contribution >= 0.6 is 36.2 Å². The van der Waals surface area contributed by atoms with Crippen molar-refractivity contribution in [2.75, 3.05) is 13.1 Å². The molecule has 138 valence electrons. The molecule has 1 atom stereocenters. The van der Waals surface area contributed by atoms with E-state index in [1.807, 2.05) is 0 Å². The van der Waals surface area contributed by atoms with Gasteiger partial charge in [0, 0.05) is 24.3 Å². The first-order valence-corrected chi connectivity index (χ1v) is 9.66.